The largest absolute Gasteiger partial charge is 0.456 e. The minimum Gasteiger partial charge on any atom is -0.456 e. The lowest BCUT2D eigenvalue weighted by molar-refractivity contribution is 0.669. The smallest absolute Gasteiger partial charge is 0.163 e. The molecule has 0 amide bonds. The number of hydrogen-bond acceptors (Lipinski definition) is 2. The molecule has 0 atom stereocenters. The summed E-state index contributed by atoms with van der Waals surface area (Å²) in [5.74, 6) is 0.556. The van der Waals surface area contributed by atoms with E-state index in [1.807, 2.05) is 79.1 Å². The van der Waals surface area contributed by atoms with Gasteiger partial charge in [-0.3, -0.25) is 9.98 Å². The van der Waals surface area contributed by atoms with Gasteiger partial charge in [0.05, 0.1) is 22.1 Å². The Labute approximate surface area is 327 Å². The summed E-state index contributed by atoms with van der Waals surface area (Å²) in [7, 11) is 0. The van der Waals surface area contributed by atoms with E-state index in [1.165, 1.54) is 21.9 Å². The van der Waals surface area contributed by atoms with E-state index in [0.29, 0.717) is 11.4 Å². The quantitative estimate of drug-likeness (QED) is 0.139. The first kappa shape index (κ1) is 32.6. The number of rotatable bonds is 5. The molecule has 57 heavy (non-hydrogen) atoms. The third-order valence-electron chi connectivity index (χ3n) is 10.9. The van der Waals surface area contributed by atoms with Gasteiger partial charge < -0.3 is 8.98 Å². The number of para-hydroxylation sites is 3. The summed E-state index contributed by atoms with van der Waals surface area (Å²) in [5, 5.41) is 15.9. The van der Waals surface area contributed by atoms with Gasteiger partial charge in [0.2, 0.25) is 0 Å². The summed E-state index contributed by atoms with van der Waals surface area (Å²) >= 11 is 0. The van der Waals surface area contributed by atoms with Gasteiger partial charge in [-0.05, 0) is 77.9 Å². The molecule has 1 N–H and O–H groups in total. The van der Waals surface area contributed by atoms with Crippen molar-refractivity contribution in [2.45, 2.75) is 0 Å². The zero-order valence-corrected chi connectivity index (χ0v) is 30.7. The van der Waals surface area contributed by atoms with Crippen LogP contribution >= 0.6 is 0 Å². The van der Waals surface area contributed by atoms with E-state index in [0.717, 1.165) is 66.0 Å². The maximum absolute atomic E-state index is 9.27. The van der Waals surface area contributed by atoms with Crippen LogP contribution in [-0.2, 0) is 0 Å². The lowest BCUT2D eigenvalue weighted by atomic mass is 10.0. The summed E-state index contributed by atoms with van der Waals surface area (Å²) < 4.78 is 10.8. The monoisotopic (exact) mass is 731 g/mol. The fourth-order valence-electron chi connectivity index (χ4n) is 8.23. The molecule has 0 aliphatic rings. The standard InChI is InChI=1S/C51H33N5O/c52-50(54-51(34-15-5-2-6-16-34)53-32-55-44-20-10-7-17-38(44)39-18-8-11-21-45(39)55)36-24-27-48-42(30-36)43-31-37(25-28-49(43)57-48)56-46-22-12-9-19-40(46)41-29-35(23-26-47(41)56)33-13-3-1-4-14-33/h1-32,52H/b52-50?,53-32+,54-51-. The molecule has 3 heterocycles. The molecule has 0 spiro atoms. The highest BCUT2D eigenvalue weighted by atomic mass is 16.3. The molecule has 0 unspecified atom stereocenters. The van der Waals surface area contributed by atoms with Crippen LogP contribution in [0.25, 0.3) is 82.4 Å². The zero-order chi connectivity index (χ0) is 37.9. The summed E-state index contributed by atoms with van der Waals surface area (Å²) in [4.78, 5) is 9.80. The Hall–Kier alpha value is -7.83. The molecule has 11 aromatic rings. The Kier molecular flexibility index (Phi) is 7.54. The van der Waals surface area contributed by atoms with Crippen LogP contribution in [0.3, 0.4) is 0 Å². The SMILES string of the molecule is N=C(/N=C(\N=C\n1c2ccccc2c2ccccc21)c1ccccc1)c1ccc2oc3ccc(-n4c5ccccc5c5cc(-c6ccccc6)ccc54)cc3c2c1. The van der Waals surface area contributed by atoms with Gasteiger partial charge in [-0.2, -0.15) is 0 Å². The summed E-state index contributed by atoms with van der Waals surface area (Å²) in [6, 6.07) is 64.5. The molecule has 0 saturated carbocycles. The van der Waals surface area contributed by atoms with Crippen LogP contribution < -0.4 is 0 Å². The Bertz CT molecular complexity index is 3370. The van der Waals surface area contributed by atoms with Crippen LogP contribution in [-0.4, -0.2) is 27.1 Å². The van der Waals surface area contributed by atoms with Gasteiger partial charge >= 0.3 is 0 Å². The van der Waals surface area contributed by atoms with Crippen LogP contribution in [0.1, 0.15) is 11.1 Å². The number of amidine groups is 2. The second kappa shape index (κ2) is 13.2. The first-order valence-electron chi connectivity index (χ1n) is 19.0. The molecule has 0 aliphatic heterocycles. The van der Waals surface area contributed by atoms with Crippen LogP contribution in [0.15, 0.2) is 202 Å². The van der Waals surface area contributed by atoms with Crippen molar-refractivity contribution < 1.29 is 4.42 Å². The molecular weight excluding hydrogens is 699 g/mol. The van der Waals surface area contributed by atoms with E-state index >= 15 is 0 Å². The molecule has 6 nitrogen and oxygen atoms in total. The van der Waals surface area contributed by atoms with E-state index in [2.05, 4.69) is 124 Å². The molecule has 8 aromatic carbocycles. The third-order valence-corrected chi connectivity index (χ3v) is 10.9. The molecule has 11 rings (SSSR count). The van der Waals surface area contributed by atoms with Gasteiger partial charge in [0.25, 0.3) is 0 Å². The molecule has 6 heteroatoms. The van der Waals surface area contributed by atoms with Crippen LogP contribution in [0.5, 0.6) is 0 Å². The highest BCUT2D eigenvalue weighted by Gasteiger charge is 2.17. The zero-order valence-electron chi connectivity index (χ0n) is 30.7. The van der Waals surface area contributed by atoms with Crippen molar-refractivity contribution in [2.75, 3.05) is 0 Å². The summed E-state index contributed by atoms with van der Waals surface area (Å²) in [5.41, 5.74) is 10.8. The Morgan fingerprint density at radius 3 is 1.75 bits per heavy atom. The van der Waals surface area contributed by atoms with Gasteiger partial charge in [-0.25, -0.2) is 9.98 Å². The van der Waals surface area contributed by atoms with Gasteiger partial charge in [0.15, 0.2) is 11.7 Å². The second-order valence-corrected chi connectivity index (χ2v) is 14.2. The predicted octanol–water partition coefficient (Wildman–Crippen LogP) is 12.8. The number of nitrogens with zero attached hydrogens (tertiary/aromatic N) is 4. The number of aliphatic imine (C=N–C) groups is 2. The normalized spacial score (nSPS) is 12.3. The van der Waals surface area contributed by atoms with E-state index in [4.69, 9.17) is 14.4 Å². The second-order valence-electron chi connectivity index (χ2n) is 14.2. The Morgan fingerprint density at radius 1 is 0.456 bits per heavy atom. The van der Waals surface area contributed by atoms with Crippen molar-refractivity contribution in [1.29, 1.82) is 5.41 Å². The van der Waals surface area contributed by atoms with E-state index < -0.39 is 0 Å². The number of hydrogen-bond donors (Lipinski definition) is 1. The lowest BCUT2D eigenvalue weighted by Crippen LogP contribution is -2.06. The minimum absolute atomic E-state index is 0.109. The molecule has 0 fully saturated rings. The lowest BCUT2D eigenvalue weighted by Gasteiger charge is -2.09. The van der Waals surface area contributed by atoms with Crippen molar-refractivity contribution in [2.24, 2.45) is 9.98 Å². The number of aromatic nitrogens is 2. The first-order valence-corrected chi connectivity index (χ1v) is 19.0. The van der Waals surface area contributed by atoms with Gasteiger partial charge in [0.1, 0.15) is 17.5 Å². The third kappa shape index (κ3) is 5.46. The summed E-state index contributed by atoms with van der Waals surface area (Å²) in [6.07, 6.45) is 1.81. The first-order chi connectivity index (χ1) is 28.2. The van der Waals surface area contributed by atoms with E-state index in [-0.39, 0.29) is 5.84 Å². The molecular formula is C51H33N5O. The maximum Gasteiger partial charge on any atom is 0.163 e. The van der Waals surface area contributed by atoms with Crippen LogP contribution in [0.2, 0.25) is 0 Å². The minimum atomic E-state index is 0.109. The fraction of sp³-hybridized carbons (Fsp3) is 0. The Balaban J connectivity index is 1.01. The maximum atomic E-state index is 9.27. The van der Waals surface area contributed by atoms with Crippen molar-refractivity contribution in [1.82, 2.24) is 9.13 Å². The van der Waals surface area contributed by atoms with Crippen molar-refractivity contribution in [3.05, 3.63) is 199 Å². The van der Waals surface area contributed by atoms with Crippen LogP contribution in [0.4, 0.5) is 0 Å². The van der Waals surface area contributed by atoms with Crippen molar-refractivity contribution >= 4 is 83.6 Å². The van der Waals surface area contributed by atoms with Gasteiger partial charge in [-0.15, -0.1) is 0 Å². The topological polar surface area (TPSA) is 71.6 Å². The predicted molar refractivity (Wildman–Crippen MR) is 237 cm³/mol. The highest BCUT2D eigenvalue weighted by molar-refractivity contribution is 6.17. The number of benzene rings is 8. The van der Waals surface area contributed by atoms with Gasteiger partial charge in [0, 0.05) is 49.1 Å². The molecule has 0 radical (unpaired) electrons. The molecule has 0 aliphatic carbocycles. The molecule has 3 aromatic heterocycles. The fourth-order valence-corrected chi connectivity index (χ4v) is 8.23. The summed E-state index contributed by atoms with van der Waals surface area (Å²) in [6.45, 7) is 0. The van der Waals surface area contributed by atoms with Crippen molar-refractivity contribution in [3.8, 4) is 16.8 Å². The molecule has 0 saturated heterocycles. The molecule has 268 valence electrons. The number of furan rings is 1. The number of fused-ring (bicyclic) bond motifs is 9. The van der Waals surface area contributed by atoms with E-state index in [9.17, 15) is 5.41 Å². The van der Waals surface area contributed by atoms with Crippen molar-refractivity contribution in [3.63, 3.8) is 0 Å². The Morgan fingerprint density at radius 2 is 1.04 bits per heavy atom. The van der Waals surface area contributed by atoms with Crippen LogP contribution in [0, 0.1) is 5.41 Å². The average Bonchev–Trinajstić information content (AvgIpc) is 3.92. The average molecular weight is 732 g/mol. The molecule has 0 bridgehead atoms. The van der Waals surface area contributed by atoms with Gasteiger partial charge in [-0.1, -0.05) is 121 Å². The highest BCUT2D eigenvalue weighted by Crippen LogP contribution is 2.37. The van der Waals surface area contributed by atoms with E-state index in [1.54, 1.807) is 0 Å². The number of nitrogens with one attached hydrogen (secondary N) is 1.